The van der Waals surface area contributed by atoms with E-state index in [-0.39, 0.29) is 5.75 Å². The van der Waals surface area contributed by atoms with Crippen molar-refractivity contribution in [3.05, 3.63) is 52.5 Å². The van der Waals surface area contributed by atoms with Crippen LogP contribution in [0.5, 0.6) is 17.2 Å². The molecule has 1 N–H and O–H groups in total. The largest absolute Gasteiger partial charge is 0.502 e. The van der Waals surface area contributed by atoms with Gasteiger partial charge in [0, 0.05) is 44.3 Å². The number of unbranched alkanes of at least 4 members (excludes halogenated alkanes) is 12. The molecule has 3 rings (SSSR count). The summed E-state index contributed by atoms with van der Waals surface area (Å²) in [7, 11) is 0. The summed E-state index contributed by atoms with van der Waals surface area (Å²) in [5.74, 6) is 1.29. The summed E-state index contributed by atoms with van der Waals surface area (Å²) in [6.45, 7) is 11.9. The number of halogens is 1. The van der Waals surface area contributed by atoms with E-state index in [1.165, 1.54) is 82.6 Å². The van der Waals surface area contributed by atoms with Crippen molar-refractivity contribution in [3.63, 3.8) is 0 Å². The average Bonchev–Trinajstić information content (AvgIpc) is 3.02. The van der Waals surface area contributed by atoms with Gasteiger partial charge in [0.1, 0.15) is 0 Å². The van der Waals surface area contributed by atoms with Crippen LogP contribution in [0.2, 0.25) is 5.02 Å². The molecule has 0 radical (unpaired) electrons. The number of hydrogen-bond acceptors (Lipinski definition) is 5. The van der Waals surface area contributed by atoms with Crippen LogP contribution >= 0.6 is 11.6 Å². The number of ether oxygens (including phenoxy) is 2. The highest BCUT2D eigenvalue weighted by Gasteiger charge is 2.19. The Morgan fingerprint density at radius 1 is 0.628 bits per heavy atom. The fourth-order valence-electron chi connectivity index (χ4n) is 5.80. The van der Waals surface area contributed by atoms with Gasteiger partial charge in [-0.05, 0) is 54.7 Å². The molecule has 242 valence electrons. The summed E-state index contributed by atoms with van der Waals surface area (Å²) in [6, 6.07) is 12.3. The van der Waals surface area contributed by atoms with Crippen molar-refractivity contribution >= 4 is 11.6 Å². The van der Waals surface area contributed by atoms with E-state index in [1.54, 1.807) is 0 Å². The second-order valence-corrected chi connectivity index (χ2v) is 12.8. The zero-order chi connectivity index (χ0) is 30.5. The standard InChI is InChI=1S/C37H59ClN2O3/c1-3-5-7-9-11-13-15-27-42-35-29-33(30-36(37(35)41)43-28-16-14-12-10-8-6-4-2)31-40-25-23-39(24-26-40)22-21-32-17-19-34(38)20-18-32/h17-20,29-30,41H,3-16,21-28,31H2,1-2H3. The van der Waals surface area contributed by atoms with Crippen LogP contribution in [-0.2, 0) is 13.0 Å². The van der Waals surface area contributed by atoms with Crippen LogP contribution in [0.4, 0.5) is 0 Å². The molecule has 0 saturated carbocycles. The van der Waals surface area contributed by atoms with Gasteiger partial charge in [-0.15, -0.1) is 0 Å². The second-order valence-electron chi connectivity index (χ2n) is 12.4. The van der Waals surface area contributed by atoms with Crippen LogP contribution in [0.15, 0.2) is 36.4 Å². The maximum atomic E-state index is 11.0. The lowest BCUT2D eigenvalue weighted by Crippen LogP contribution is -2.46. The van der Waals surface area contributed by atoms with E-state index < -0.39 is 0 Å². The van der Waals surface area contributed by atoms with Crippen LogP contribution < -0.4 is 9.47 Å². The molecule has 2 aromatic rings. The molecule has 2 aromatic carbocycles. The normalized spacial score (nSPS) is 14.3. The summed E-state index contributed by atoms with van der Waals surface area (Å²) in [5.41, 5.74) is 2.49. The van der Waals surface area contributed by atoms with Crippen molar-refractivity contribution in [3.8, 4) is 17.2 Å². The Morgan fingerprint density at radius 3 is 1.60 bits per heavy atom. The number of hydrogen-bond donors (Lipinski definition) is 1. The lowest BCUT2D eigenvalue weighted by atomic mass is 10.1. The number of piperazine rings is 1. The first-order valence-electron chi connectivity index (χ1n) is 17.4. The van der Waals surface area contributed by atoms with Crippen molar-refractivity contribution in [2.75, 3.05) is 45.9 Å². The van der Waals surface area contributed by atoms with E-state index in [2.05, 4.69) is 35.8 Å². The first-order chi connectivity index (χ1) is 21.1. The summed E-state index contributed by atoms with van der Waals surface area (Å²) >= 11 is 6.04. The molecule has 1 saturated heterocycles. The Labute approximate surface area is 267 Å². The van der Waals surface area contributed by atoms with E-state index in [1.807, 2.05) is 24.3 Å². The van der Waals surface area contributed by atoms with Gasteiger partial charge in [0.2, 0.25) is 5.75 Å². The summed E-state index contributed by atoms with van der Waals surface area (Å²) in [6.07, 6.45) is 18.4. The van der Waals surface area contributed by atoms with E-state index in [0.717, 1.165) is 69.1 Å². The van der Waals surface area contributed by atoms with Crippen molar-refractivity contribution in [2.24, 2.45) is 0 Å². The quantitative estimate of drug-likeness (QED) is 0.126. The lowest BCUT2D eigenvalue weighted by Gasteiger charge is -2.34. The maximum absolute atomic E-state index is 11.0. The second kappa shape index (κ2) is 21.7. The molecule has 0 bridgehead atoms. The highest BCUT2D eigenvalue weighted by molar-refractivity contribution is 6.30. The van der Waals surface area contributed by atoms with Crippen molar-refractivity contribution < 1.29 is 14.6 Å². The Bertz CT molecular complexity index is 951. The third-order valence-corrected chi connectivity index (χ3v) is 8.86. The Hall–Kier alpha value is -1.95. The van der Waals surface area contributed by atoms with Gasteiger partial charge in [-0.1, -0.05) is 115 Å². The number of aromatic hydroxyl groups is 1. The molecule has 0 spiro atoms. The highest BCUT2D eigenvalue weighted by atomic mass is 35.5. The lowest BCUT2D eigenvalue weighted by molar-refractivity contribution is 0.128. The van der Waals surface area contributed by atoms with E-state index in [0.29, 0.717) is 24.7 Å². The minimum Gasteiger partial charge on any atom is -0.502 e. The van der Waals surface area contributed by atoms with E-state index >= 15 is 0 Å². The summed E-state index contributed by atoms with van der Waals surface area (Å²) in [4.78, 5) is 5.06. The summed E-state index contributed by atoms with van der Waals surface area (Å²) in [5, 5.41) is 11.8. The molecule has 1 fully saturated rings. The number of benzene rings is 2. The Kier molecular flexibility index (Phi) is 17.9. The van der Waals surface area contributed by atoms with Crippen molar-refractivity contribution in [2.45, 2.75) is 117 Å². The van der Waals surface area contributed by atoms with Crippen LogP contribution in [0.25, 0.3) is 0 Å². The molecule has 5 nitrogen and oxygen atoms in total. The molecule has 0 unspecified atom stereocenters. The van der Waals surface area contributed by atoms with Gasteiger partial charge in [0.25, 0.3) is 0 Å². The van der Waals surface area contributed by atoms with Gasteiger partial charge in [0.15, 0.2) is 11.5 Å². The highest BCUT2D eigenvalue weighted by Crippen LogP contribution is 2.38. The van der Waals surface area contributed by atoms with Crippen LogP contribution in [0.3, 0.4) is 0 Å². The number of nitrogens with zero attached hydrogens (tertiary/aromatic N) is 2. The van der Waals surface area contributed by atoms with Crippen LogP contribution in [0.1, 0.15) is 115 Å². The molecule has 0 aromatic heterocycles. The third-order valence-electron chi connectivity index (χ3n) is 8.61. The van der Waals surface area contributed by atoms with Gasteiger partial charge in [-0.25, -0.2) is 0 Å². The predicted octanol–water partition coefficient (Wildman–Crippen LogP) is 9.66. The number of phenols is 1. The minimum absolute atomic E-state index is 0.154. The fraction of sp³-hybridized carbons (Fsp3) is 0.676. The van der Waals surface area contributed by atoms with Gasteiger partial charge < -0.3 is 19.5 Å². The van der Waals surface area contributed by atoms with Gasteiger partial charge in [0.05, 0.1) is 13.2 Å². The molecular formula is C37H59ClN2O3. The van der Waals surface area contributed by atoms with E-state index in [4.69, 9.17) is 21.1 Å². The molecular weight excluding hydrogens is 556 g/mol. The van der Waals surface area contributed by atoms with Crippen molar-refractivity contribution in [1.29, 1.82) is 0 Å². The Morgan fingerprint density at radius 2 is 1.09 bits per heavy atom. The third kappa shape index (κ3) is 14.6. The molecule has 0 aliphatic carbocycles. The van der Waals surface area contributed by atoms with Gasteiger partial charge in [-0.2, -0.15) is 0 Å². The minimum atomic E-state index is 0.154. The first kappa shape index (κ1) is 35.5. The smallest absolute Gasteiger partial charge is 0.200 e. The molecule has 0 atom stereocenters. The Balaban J connectivity index is 1.49. The molecule has 43 heavy (non-hydrogen) atoms. The molecule has 1 aliphatic heterocycles. The predicted molar refractivity (Wildman–Crippen MR) is 182 cm³/mol. The monoisotopic (exact) mass is 614 g/mol. The molecule has 1 aliphatic rings. The number of phenolic OH excluding ortho intramolecular Hbond substituents is 1. The van der Waals surface area contributed by atoms with Gasteiger partial charge >= 0.3 is 0 Å². The average molecular weight is 615 g/mol. The zero-order valence-electron chi connectivity index (χ0n) is 27.3. The van der Waals surface area contributed by atoms with Gasteiger partial charge in [-0.3, -0.25) is 4.90 Å². The topological polar surface area (TPSA) is 45.2 Å². The van der Waals surface area contributed by atoms with E-state index in [9.17, 15) is 5.11 Å². The number of rotatable bonds is 23. The van der Waals surface area contributed by atoms with Crippen molar-refractivity contribution in [1.82, 2.24) is 9.80 Å². The molecule has 1 heterocycles. The maximum Gasteiger partial charge on any atom is 0.200 e. The summed E-state index contributed by atoms with van der Waals surface area (Å²) < 4.78 is 12.3. The fourth-order valence-corrected chi connectivity index (χ4v) is 5.92. The SMILES string of the molecule is CCCCCCCCCOc1cc(CN2CCN(CCc3ccc(Cl)cc3)CC2)cc(OCCCCCCCCC)c1O. The molecule has 6 heteroatoms. The van der Waals surface area contributed by atoms with Crippen LogP contribution in [-0.4, -0.2) is 60.8 Å². The van der Waals surface area contributed by atoms with Crippen LogP contribution in [0, 0.1) is 0 Å². The zero-order valence-corrected chi connectivity index (χ0v) is 28.0. The molecule has 0 amide bonds. The first-order valence-corrected chi connectivity index (χ1v) is 17.8.